The summed E-state index contributed by atoms with van der Waals surface area (Å²) in [7, 11) is 0. The van der Waals surface area contributed by atoms with E-state index in [0.29, 0.717) is 22.5 Å². The average molecular weight is 204 g/mol. The maximum Gasteiger partial charge on any atom is 0.155 e. The molecule has 0 radical (unpaired) electrons. The number of allylic oxidation sites excluding steroid dienone is 2. The highest BCUT2D eigenvalue weighted by molar-refractivity contribution is 5.92. The van der Waals surface area contributed by atoms with E-state index in [1.807, 2.05) is 6.08 Å². The van der Waals surface area contributed by atoms with E-state index in [0.717, 1.165) is 12.3 Å². The Balaban J connectivity index is 2.17. The number of carbonyl (C=O) groups is 1. The van der Waals surface area contributed by atoms with Gasteiger partial charge < -0.3 is 0 Å². The number of fused-ring (bicyclic) bond motifs is 1. The summed E-state index contributed by atoms with van der Waals surface area (Å²) in [5.74, 6) is 1.78. The summed E-state index contributed by atoms with van der Waals surface area (Å²) < 4.78 is 0. The molecule has 0 heterocycles. The Kier molecular flexibility index (Phi) is 1.64. The number of hydrogen-bond donors (Lipinski definition) is 0. The summed E-state index contributed by atoms with van der Waals surface area (Å²) >= 11 is 0. The number of hydrogen-bond acceptors (Lipinski definition) is 1. The summed E-state index contributed by atoms with van der Waals surface area (Å²) in [6.07, 6.45) is 6.84. The van der Waals surface area contributed by atoms with Crippen LogP contribution in [0.1, 0.15) is 46.5 Å². The van der Waals surface area contributed by atoms with Crippen molar-refractivity contribution in [1.29, 1.82) is 0 Å². The summed E-state index contributed by atoms with van der Waals surface area (Å²) in [5.41, 5.74) is 2.21. The smallest absolute Gasteiger partial charge is 0.155 e. The molecule has 0 N–H and O–H groups in total. The van der Waals surface area contributed by atoms with Crippen molar-refractivity contribution in [2.24, 2.45) is 22.7 Å². The molecule has 3 atom stereocenters. The first-order valence-corrected chi connectivity index (χ1v) is 6.22. The van der Waals surface area contributed by atoms with Crippen molar-refractivity contribution in [2.45, 2.75) is 46.5 Å². The predicted molar refractivity (Wildman–Crippen MR) is 60.4 cm³/mol. The van der Waals surface area contributed by atoms with Crippen LogP contribution < -0.4 is 0 Å². The van der Waals surface area contributed by atoms with Gasteiger partial charge in [-0.3, -0.25) is 4.79 Å². The van der Waals surface area contributed by atoms with Crippen molar-refractivity contribution in [1.82, 2.24) is 0 Å². The van der Waals surface area contributed by atoms with Crippen LogP contribution in [-0.4, -0.2) is 5.78 Å². The molecule has 82 valence electrons. The molecule has 0 unspecified atom stereocenters. The molecular weight excluding hydrogens is 184 g/mol. The lowest BCUT2D eigenvalue weighted by atomic mass is 9.60. The Bertz CT molecular complexity index is 364. The van der Waals surface area contributed by atoms with Crippen molar-refractivity contribution in [3.05, 3.63) is 11.6 Å². The highest BCUT2D eigenvalue weighted by atomic mass is 16.1. The second-order valence-corrected chi connectivity index (χ2v) is 6.45. The highest BCUT2D eigenvalue weighted by Gasteiger charge is 2.61. The van der Waals surface area contributed by atoms with Gasteiger partial charge in [0.15, 0.2) is 5.78 Å². The molecule has 0 amide bonds. The molecule has 2 fully saturated rings. The van der Waals surface area contributed by atoms with Gasteiger partial charge in [0.25, 0.3) is 0 Å². The molecule has 0 aromatic heterocycles. The van der Waals surface area contributed by atoms with E-state index in [1.165, 1.54) is 24.8 Å². The fourth-order valence-electron chi connectivity index (χ4n) is 4.56. The summed E-state index contributed by atoms with van der Waals surface area (Å²) in [5, 5.41) is 0. The number of rotatable bonds is 0. The molecule has 1 heteroatoms. The maximum absolute atomic E-state index is 11.7. The SMILES string of the molecule is C[C@@H]1CC(=O)C=C2C(C)(C)[C@H]3CC[C@]21C3. The van der Waals surface area contributed by atoms with Gasteiger partial charge in [0.05, 0.1) is 0 Å². The minimum atomic E-state index is 0.294. The minimum Gasteiger partial charge on any atom is -0.295 e. The van der Waals surface area contributed by atoms with Gasteiger partial charge in [0, 0.05) is 6.42 Å². The van der Waals surface area contributed by atoms with Gasteiger partial charge in [-0.2, -0.15) is 0 Å². The van der Waals surface area contributed by atoms with Crippen LogP contribution in [0.2, 0.25) is 0 Å². The van der Waals surface area contributed by atoms with E-state index in [-0.39, 0.29) is 0 Å². The standard InChI is InChI=1S/C14H20O/c1-9-6-11(15)7-12-13(2,3)10-4-5-14(9,12)8-10/h7,9-10H,4-6,8H2,1-3H3/t9-,10+,14-/m1/s1. The molecule has 3 aliphatic rings. The maximum atomic E-state index is 11.7. The van der Waals surface area contributed by atoms with E-state index in [9.17, 15) is 4.79 Å². The number of carbonyl (C=O) groups excluding carboxylic acids is 1. The van der Waals surface area contributed by atoms with Gasteiger partial charge in [-0.15, -0.1) is 0 Å². The van der Waals surface area contributed by atoms with Gasteiger partial charge in [-0.25, -0.2) is 0 Å². The van der Waals surface area contributed by atoms with Crippen LogP contribution in [0.25, 0.3) is 0 Å². The van der Waals surface area contributed by atoms with Crippen molar-refractivity contribution >= 4 is 5.78 Å². The second kappa shape index (κ2) is 2.56. The zero-order valence-corrected chi connectivity index (χ0v) is 9.97. The third-order valence-electron chi connectivity index (χ3n) is 5.56. The Morgan fingerprint density at radius 1 is 1.40 bits per heavy atom. The van der Waals surface area contributed by atoms with E-state index in [1.54, 1.807) is 0 Å². The van der Waals surface area contributed by atoms with Crippen LogP contribution in [0.4, 0.5) is 0 Å². The third kappa shape index (κ3) is 0.971. The first kappa shape index (κ1) is 9.62. The summed E-state index contributed by atoms with van der Waals surface area (Å²) in [6, 6.07) is 0. The van der Waals surface area contributed by atoms with Gasteiger partial charge >= 0.3 is 0 Å². The monoisotopic (exact) mass is 204 g/mol. The molecule has 3 rings (SSSR count). The molecule has 0 aromatic carbocycles. The lowest BCUT2D eigenvalue weighted by molar-refractivity contribution is -0.117. The quantitative estimate of drug-likeness (QED) is 0.591. The Morgan fingerprint density at radius 2 is 2.13 bits per heavy atom. The Labute approximate surface area is 91.9 Å². The summed E-state index contributed by atoms with van der Waals surface area (Å²) in [6.45, 7) is 6.97. The Hall–Kier alpha value is -0.590. The van der Waals surface area contributed by atoms with Gasteiger partial charge in [-0.05, 0) is 48.0 Å². The fraction of sp³-hybridized carbons (Fsp3) is 0.786. The van der Waals surface area contributed by atoms with Crippen molar-refractivity contribution in [3.8, 4) is 0 Å². The average Bonchev–Trinajstić information content (AvgIpc) is 2.64. The molecule has 1 spiro atoms. The molecule has 2 bridgehead atoms. The zero-order chi connectivity index (χ0) is 10.8. The summed E-state index contributed by atoms with van der Waals surface area (Å²) in [4.78, 5) is 11.7. The van der Waals surface area contributed by atoms with Crippen LogP contribution in [0.15, 0.2) is 11.6 Å². The van der Waals surface area contributed by atoms with Crippen LogP contribution in [0.3, 0.4) is 0 Å². The molecule has 0 aliphatic heterocycles. The first-order valence-electron chi connectivity index (χ1n) is 6.22. The second-order valence-electron chi connectivity index (χ2n) is 6.45. The van der Waals surface area contributed by atoms with Crippen molar-refractivity contribution < 1.29 is 4.79 Å². The first-order chi connectivity index (χ1) is 6.97. The largest absolute Gasteiger partial charge is 0.295 e. The molecule has 15 heavy (non-hydrogen) atoms. The lowest BCUT2D eigenvalue weighted by Crippen LogP contribution is -2.37. The van der Waals surface area contributed by atoms with Crippen LogP contribution in [-0.2, 0) is 4.79 Å². The van der Waals surface area contributed by atoms with Gasteiger partial charge in [0.2, 0.25) is 0 Å². The topological polar surface area (TPSA) is 17.1 Å². The van der Waals surface area contributed by atoms with E-state index < -0.39 is 0 Å². The number of ketones is 1. The van der Waals surface area contributed by atoms with E-state index in [4.69, 9.17) is 0 Å². The lowest BCUT2D eigenvalue weighted by Gasteiger charge is -2.44. The molecule has 3 aliphatic carbocycles. The highest BCUT2D eigenvalue weighted by Crippen LogP contribution is 2.70. The van der Waals surface area contributed by atoms with Gasteiger partial charge in [0.1, 0.15) is 0 Å². The zero-order valence-electron chi connectivity index (χ0n) is 9.97. The predicted octanol–water partition coefficient (Wildman–Crippen LogP) is 3.35. The molecule has 0 aromatic rings. The van der Waals surface area contributed by atoms with Crippen LogP contribution >= 0.6 is 0 Å². The molecule has 1 nitrogen and oxygen atoms in total. The van der Waals surface area contributed by atoms with Crippen LogP contribution in [0.5, 0.6) is 0 Å². The van der Waals surface area contributed by atoms with Gasteiger partial charge in [-0.1, -0.05) is 26.3 Å². The molecular formula is C14H20O. The van der Waals surface area contributed by atoms with Crippen molar-refractivity contribution in [2.75, 3.05) is 0 Å². The van der Waals surface area contributed by atoms with E-state index >= 15 is 0 Å². The molecule has 0 saturated heterocycles. The normalized spacial score (nSPS) is 46.6. The van der Waals surface area contributed by atoms with Crippen molar-refractivity contribution in [3.63, 3.8) is 0 Å². The Morgan fingerprint density at radius 3 is 2.87 bits per heavy atom. The minimum absolute atomic E-state index is 0.294. The van der Waals surface area contributed by atoms with Crippen LogP contribution in [0, 0.1) is 22.7 Å². The van der Waals surface area contributed by atoms with E-state index in [2.05, 4.69) is 20.8 Å². The third-order valence-corrected chi connectivity index (χ3v) is 5.56. The molecule has 2 saturated carbocycles. The fourth-order valence-corrected chi connectivity index (χ4v) is 4.56.